The molecular formula is C66H82Cl5N6O3+3. The van der Waals surface area contributed by atoms with Gasteiger partial charge in [0.15, 0.2) is 0 Å². The summed E-state index contributed by atoms with van der Waals surface area (Å²) < 4.78 is 3.08. The van der Waals surface area contributed by atoms with Gasteiger partial charge in [-0.1, -0.05) is 113 Å². The van der Waals surface area contributed by atoms with Crippen LogP contribution in [0, 0.1) is 6.92 Å². The molecule has 3 saturated carbocycles. The molecule has 0 bridgehead atoms. The fourth-order valence-corrected chi connectivity index (χ4v) is 12.4. The number of anilines is 3. The van der Waals surface area contributed by atoms with E-state index in [0.29, 0.717) is 41.8 Å². The average Bonchev–Trinajstić information content (AvgIpc) is 4.00. The Morgan fingerprint density at radius 2 is 0.625 bits per heavy atom. The molecule has 9 rings (SSSR count). The summed E-state index contributed by atoms with van der Waals surface area (Å²) >= 11 is 29.9. The number of carbonyl (C=O) groups excluding carboxylic acids is 3. The zero-order valence-corrected chi connectivity index (χ0v) is 51.6. The summed E-state index contributed by atoms with van der Waals surface area (Å²) in [6.45, 7) is 4.96. The maximum Gasteiger partial charge on any atom is 0.255 e. The topological polar surface area (TPSA) is 87.3 Å². The quantitative estimate of drug-likeness (QED) is 0.0896. The maximum atomic E-state index is 12.4. The fourth-order valence-electron chi connectivity index (χ4n) is 11.7. The fraction of sp³-hybridized carbons (Fsp3) is 0.409. The Bertz CT molecular complexity index is 2880. The molecule has 0 aromatic heterocycles. The van der Waals surface area contributed by atoms with Crippen molar-refractivity contribution in [1.29, 1.82) is 0 Å². The number of hydrogen-bond donors (Lipinski definition) is 3. The summed E-state index contributed by atoms with van der Waals surface area (Å²) in [5, 5.41) is 11.0. The molecule has 3 aliphatic rings. The Kier molecular flexibility index (Phi) is 22.6. The monoisotopic (exact) mass is 1180 g/mol. The highest BCUT2D eigenvalue weighted by Crippen LogP contribution is 2.32. The van der Waals surface area contributed by atoms with Crippen LogP contribution >= 0.6 is 58.0 Å². The molecule has 14 heteroatoms. The number of hydrogen-bond acceptors (Lipinski definition) is 3. The second-order valence-electron chi connectivity index (χ2n) is 24.0. The molecule has 3 fully saturated rings. The molecule has 0 heterocycles. The van der Waals surface area contributed by atoms with Crippen molar-refractivity contribution in [3.63, 3.8) is 0 Å². The van der Waals surface area contributed by atoms with Gasteiger partial charge in [-0.2, -0.15) is 0 Å². The van der Waals surface area contributed by atoms with Crippen LogP contribution < -0.4 is 16.0 Å². The van der Waals surface area contributed by atoms with Crippen molar-refractivity contribution in [2.24, 2.45) is 0 Å². The van der Waals surface area contributed by atoms with E-state index < -0.39 is 0 Å². The molecule has 3 N–H and O–H groups in total. The predicted molar refractivity (Wildman–Crippen MR) is 336 cm³/mol. The lowest BCUT2D eigenvalue weighted by Gasteiger charge is -2.40. The summed E-state index contributed by atoms with van der Waals surface area (Å²) in [7, 11) is 14.0. The number of carbonyl (C=O) groups is 3. The number of quaternary nitrogens is 3. The third kappa shape index (κ3) is 18.3. The van der Waals surface area contributed by atoms with Crippen LogP contribution in [-0.2, 0) is 19.6 Å². The van der Waals surface area contributed by atoms with Crippen LogP contribution in [0.5, 0.6) is 0 Å². The first-order chi connectivity index (χ1) is 38.0. The molecule has 0 saturated heterocycles. The molecule has 3 amide bonds. The molecule has 0 spiro atoms. The number of rotatable bonds is 15. The molecule has 426 valence electrons. The minimum atomic E-state index is -0.196. The third-order valence-electron chi connectivity index (χ3n) is 16.6. The maximum absolute atomic E-state index is 12.4. The highest BCUT2D eigenvalue weighted by atomic mass is 35.5. The Labute approximate surface area is 501 Å². The zero-order valence-electron chi connectivity index (χ0n) is 47.8. The molecule has 6 aromatic carbocycles. The van der Waals surface area contributed by atoms with Crippen molar-refractivity contribution in [2.45, 2.75) is 135 Å². The molecule has 6 aromatic rings. The Balaban J connectivity index is 0.000000173. The predicted octanol–water partition coefficient (Wildman–Crippen LogP) is 17.7. The normalized spacial score (nSPS) is 15.4. The number of amides is 3. The van der Waals surface area contributed by atoms with Crippen LogP contribution in [0.25, 0.3) is 0 Å². The van der Waals surface area contributed by atoms with Gasteiger partial charge in [0, 0.05) is 55.5 Å². The lowest BCUT2D eigenvalue weighted by Crippen LogP contribution is -2.48. The second kappa shape index (κ2) is 28.8. The molecule has 9 nitrogen and oxygen atoms in total. The van der Waals surface area contributed by atoms with Crippen molar-refractivity contribution in [3.05, 3.63) is 191 Å². The van der Waals surface area contributed by atoms with Crippen molar-refractivity contribution in [2.75, 3.05) is 58.2 Å². The first-order valence-electron chi connectivity index (χ1n) is 28.4. The lowest BCUT2D eigenvalue weighted by molar-refractivity contribution is -0.929. The summed E-state index contributed by atoms with van der Waals surface area (Å²) in [5.74, 6) is -0.527. The van der Waals surface area contributed by atoms with E-state index in [-0.39, 0.29) is 17.7 Å². The van der Waals surface area contributed by atoms with Gasteiger partial charge in [-0.3, -0.25) is 14.4 Å². The SMILES string of the molecule is C[N+](C)(Cc1ccc(NC(=O)c2ccc(Cl)c(Cl)c2)cc1)C1CCCC1.C[N+](C)(Cc1ccc(NC(=O)c2ccc(Cl)c(Cl)c2)cc1)C1CCCCC1.Cc1ccc(C(=O)Nc2ccc(C[N+](C)(C)C3CCCCC3)cc2)cc1Cl. The van der Waals surface area contributed by atoms with Crippen LogP contribution in [0.4, 0.5) is 17.1 Å². The minimum Gasteiger partial charge on any atom is -0.322 e. The Morgan fingerprint density at radius 3 is 0.900 bits per heavy atom. The standard InChI is InChI=1S/C23H29ClN2O.C22H26Cl2N2O.C21H24Cl2N2O/c1-17-9-12-19(15-22(17)24)23(27)25-20-13-10-18(11-14-20)16-26(2,3)21-7-5-4-6-8-21;1-26(2,19-6-4-3-5-7-19)15-16-8-11-18(12-9-16)25-22(27)17-10-13-20(23)21(24)14-17;1-25(2,18-5-3-4-6-18)14-15-7-10-17(11-8-15)24-21(26)16-9-12-19(22)20(23)13-16/h9-15,21H,4-8,16H2,1-3H3;8-14,19H,3-7,15H2,1-2H3;7-13,18H,3-6,14H2,1-2H3/p+3. The van der Waals surface area contributed by atoms with E-state index in [1.165, 1.54) is 107 Å². The number of nitrogens with zero attached hydrogens (tertiary/aromatic N) is 3. The molecule has 3 aliphatic carbocycles. The van der Waals surface area contributed by atoms with Crippen molar-refractivity contribution in [3.8, 4) is 0 Å². The van der Waals surface area contributed by atoms with Gasteiger partial charge in [0.2, 0.25) is 0 Å². The van der Waals surface area contributed by atoms with Gasteiger partial charge in [0.1, 0.15) is 19.6 Å². The zero-order chi connectivity index (χ0) is 57.6. The highest BCUT2D eigenvalue weighted by Gasteiger charge is 2.33. The van der Waals surface area contributed by atoms with Gasteiger partial charge in [-0.15, -0.1) is 0 Å². The Hall–Kier alpha value is -4.94. The molecule has 0 unspecified atom stereocenters. The smallest absolute Gasteiger partial charge is 0.255 e. The van der Waals surface area contributed by atoms with Gasteiger partial charge in [0.25, 0.3) is 17.7 Å². The van der Waals surface area contributed by atoms with Crippen molar-refractivity contribution >= 4 is 92.8 Å². The van der Waals surface area contributed by atoms with Crippen LogP contribution in [-0.4, -0.2) is 91.6 Å². The minimum absolute atomic E-state index is 0.136. The summed E-state index contributed by atoms with van der Waals surface area (Å²) in [4.78, 5) is 37.2. The van der Waals surface area contributed by atoms with E-state index in [4.69, 9.17) is 58.0 Å². The van der Waals surface area contributed by atoms with E-state index in [1.54, 1.807) is 48.5 Å². The van der Waals surface area contributed by atoms with E-state index >= 15 is 0 Å². The molecular weight excluding hydrogens is 1100 g/mol. The third-order valence-corrected chi connectivity index (χ3v) is 18.5. The van der Waals surface area contributed by atoms with E-state index in [1.807, 2.05) is 49.4 Å². The van der Waals surface area contributed by atoms with Gasteiger partial charge in [0.05, 0.1) is 80.5 Å². The summed E-state index contributed by atoms with van der Waals surface area (Å²) in [5.41, 5.74) is 8.76. The lowest BCUT2D eigenvalue weighted by atomic mass is 9.92. The number of halogens is 5. The van der Waals surface area contributed by atoms with Gasteiger partial charge >= 0.3 is 0 Å². The van der Waals surface area contributed by atoms with Gasteiger partial charge < -0.3 is 29.4 Å². The van der Waals surface area contributed by atoms with E-state index in [9.17, 15) is 14.4 Å². The average molecular weight is 1180 g/mol. The number of benzene rings is 6. The summed E-state index contributed by atoms with van der Waals surface area (Å²) in [6.07, 6.45) is 18.9. The Morgan fingerprint density at radius 1 is 0.362 bits per heavy atom. The highest BCUT2D eigenvalue weighted by molar-refractivity contribution is 6.42. The molecule has 80 heavy (non-hydrogen) atoms. The van der Waals surface area contributed by atoms with Crippen LogP contribution in [0.2, 0.25) is 25.1 Å². The molecule has 0 radical (unpaired) electrons. The van der Waals surface area contributed by atoms with Gasteiger partial charge in [-0.25, -0.2) is 0 Å². The van der Waals surface area contributed by atoms with Crippen LogP contribution in [0.3, 0.4) is 0 Å². The van der Waals surface area contributed by atoms with Crippen molar-refractivity contribution in [1.82, 2.24) is 0 Å². The van der Waals surface area contributed by atoms with E-state index in [2.05, 4.69) is 94.6 Å². The largest absolute Gasteiger partial charge is 0.322 e. The molecule has 0 aliphatic heterocycles. The number of aryl methyl sites for hydroxylation is 1. The number of nitrogens with one attached hydrogen (secondary N) is 3. The van der Waals surface area contributed by atoms with E-state index in [0.717, 1.165) is 73.8 Å². The van der Waals surface area contributed by atoms with Crippen LogP contribution in [0.15, 0.2) is 127 Å². The van der Waals surface area contributed by atoms with Crippen LogP contribution in [0.1, 0.15) is 143 Å². The van der Waals surface area contributed by atoms with Crippen molar-refractivity contribution < 1.29 is 27.8 Å². The molecule has 0 atom stereocenters. The first-order valence-corrected chi connectivity index (χ1v) is 30.3. The van der Waals surface area contributed by atoms with Gasteiger partial charge in [-0.05, 0) is 174 Å². The second-order valence-corrected chi connectivity index (χ2v) is 26.0. The summed E-state index contributed by atoms with van der Waals surface area (Å²) in [6, 6.07) is 41.9. The first kappa shape index (κ1) is 62.7.